The van der Waals surface area contributed by atoms with Crippen LogP contribution in [-0.4, -0.2) is 58.7 Å². The van der Waals surface area contributed by atoms with Gasteiger partial charge in [0, 0.05) is 26.2 Å². The summed E-state index contributed by atoms with van der Waals surface area (Å²) in [5.41, 5.74) is 1.53. The second kappa shape index (κ2) is 8.31. The van der Waals surface area contributed by atoms with E-state index in [4.69, 9.17) is 21.1 Å². The first-order valence-corrected chi connectivity index (χ1v) is 9.15. The number of hydrogen-bond donors (Lipinski definition) is 1. The second-order valence-electron chi connectivity index (χ2n) is 6.29. The molecule has 0 aromatic carbocycles. The third-order valence-corrected chi connectivity index (χ3v) is 4.52. The molecule has 25 heavy (non-hydrogen) atoms. The lowest BCUT2D eigenvalue weighted by Gasteiger charge is -2.34. The van der Waals surface area contributed by atoms with Crippen LogP contribution in [0.15, 0.2) is 12.1 Å². The van der Waals surface area contributed by atoms with Gasteiger partial charge in [-0.05, 0) is 37.1 Å². The molecule has 7 nitrogen and oxygen atoms in total. The SMILES string of the molecule is CCCOCCC(O)c1ccc2c(N3CCOCC3C)nc(Cl)nn12. The molecular weight excluding hydrogens is 344 g/mol. The van der Waals surface area contributed by atoms with Gasteiger partial charge in [0.25, 0.3) is 0 Å². The summed E-state index contributed by atoms with van der Waals surface area (Å²) < 4.78 is 12.7. The summed E-state index contributed by atoms with van der Waals surface area (Å²) in [4.78, 5) is 6.61. The van der Waals surface area contributed by atoms with Gasteiger partial charge in [0.05, 0.1) is 31.1 Å². The van der Waals surface area contributed by atoms with Crippen molar-refractivity contribution < 1.29 is 14.6 Å². The summed E-state index contributed by atoms with van der Waals surface area (Å²) in [6.45, 7) is 7.42. The molecule has 0 spiro atoms. The predicted molar refractivity (Wildman–Crippen MR) is 96.3 cm³/mol. The van der Waals surface area contributed by atoms with E-state index in [1.165, 1.54) is 0 Å². The standard InChI is InChI=1S/C17H25ClN4O3/c1-3-8-24-9-6-15(23)13-4-5-14-16(19-17(18)20-22(13)14)21-7-10-25-11-12(21)2/h4-5,12,15,23H,3,6-11H2,1-2H3. The first kappa shape index (κ1) is 18.4. The summed E-state index contributed by atoms with van der Waals surface area (Å²) in [7, 11) is 0. The molecule has 0 saturated carbocycles. The van der Waals surface area contributed by atoms with Crippen LogP contribution in [0.1, 0.15) is 38.5 Å². The Labute approximate surface area is 152 Å². The fraction of sp³-hybridized carbons (Fsp3) is 0.647. The van der Waals surface area contributed by atoms with E-state index < -0.39 is 6.10 Å². The lowest BCUT2D eigenvalue weighted by molar-refractivity contribution is 0.0796. The van der Waals surface area contributed by atoms with Crippen molar-refractivity contribution in [3.8, 4) is 0 Å². The molecule has 1 N–H and O–H groups in total. The van der Waals surface area contributed by atoms with Crippen LogP contribution in [0.3, 0.4) is 0 Å². The number of rotatable bonds is 7. The van der Waals surface area contributed by atoms with Crippen molar-refractivity contribution in [2.75, 3.05) is 37.9 Å². The van der Waals surface area contributed by atoms with Crippen LogP contribution in [0.5, 0.6) is 0 Å². The molecule has 2 unspecified atom stereocenters. The van der Waals surface area contributed by atoms with Crippen LogP contribution in [-0.2, 0) is 9.47 Å². The monoisotopic (exact) mass is 368 g/mol. The molecule has 1 aliphatic heterocycles. The number of aliphatic hydroxyl groups excluding tert-OH is 1. The fourth-order valence-electron chi connectivity index (χ4n) is 3.07. The number of fused-ring (bicyclic) bond motifs is 1. The van der Waals surface area contributed by atoms with E-state index in [0.717, 1.165) is 24.3 Å². The molecule has 0 radical (unpaired) electrons. The molecule has 2 atom stereocenters. The molecule has 2 aromatic rings. The minimum absolute atomic E-state index is 0.160. The van der Waals surface area contributed by atoms with Gasteiger partial charge >= 0.3 is 0 Å². The average molecular weight is 369 g/mol. The second-order valence-corrected chi connectivity index (χ2v) is 6.63. The molecule has 0 amide bonds. The van der Waals surface area contributed by atoms with Crippen molar-refractivity contribution in [2.24, 2.45) is 0 Å². The number of anilines is 1. The van der Waals surface area contributed by atoms with Gasteiger partial charge in [0.15, 0.2) is 5.82 Å². The van der Waals surface area contributed by atoms with Crippen LogP contribution in [0, 0.1) is 0 Å². The van der Waals surface area contributed by atoms with Crippen molar-refractivity contribution in [3.63, 3.8) is 0 Å². The summed E-state index contributed by atoms with van der Waals surface area (Å²) in [5, 5.41) is 15.0. The molecule has 138 valence electrons. The number of aromatic nitrogens is 3. The molecule has 8 heteroatoms. The first-order valence-electron chi connectivity index (χ1n) is 8.77. The predicted octanol–water partition coefficient (Wildman–Crippen LogP) is 2.46. The number of morpholine rings is 1. The maximum absolute atomic E-state index is 10.5. The Morgan fingerprint density at radius 1 is 1.44 bits per heavy atom. The summed E-state index contributed by atoms with van der Waals surface area (Å²) in [5.74, 6) is 0.775. The van der Waals surface area contributed by atoms with Gasteiger partial charge in [0.1, 0.15) is 5.52 Å². The van der Waals surface area contributed by atoms with Crippen molar-refractivity contribution in [1.29, 1.82) is 0 Å². The van der Waals surface area contributed by atoms with E-state index in [9.17, 15) is 5.11 Å². The highest BCUT2D eigenvalue weighted by atomic mass is 35.5. The summed E-state index contributed by atoms with van der Waals surface area (Å²) >= 11 is 6.16. The normalized spacial score (nSPS) is 19.5. The Kier molecular flexibility index (Phi) is 6.11. The molecule has 2 aromatic heterocycles. The third kappa shape index (κ3) is 4.06. The highest BCUT2D eigenvalue weighted by molar-refractivity contribution is 6.28. The number of ether oxygens (including phenoxy) is 2. The molecule has 3 heterocycles. The fourth-order valence-corrected chi connectivity index (χ4v) is 3.23. The molecule has 1 aliphatic rings. The van der Waals surface area contributed by atoms with E-state index in [1.807, 2.05) is 12.1 Å². The lowest BCUT2D eigenvalue weighted by atomic mass is 10.2. The van der Waals surface area contributed by atoms with Crippen molar-refractivity contribution in [2.45, 2.75) is 38.8 Å². The minimum Gasteiger partial charge on any atom is -0.387 e. The largest absolute Gasteiger partial charge is 0.387 e. The number of nitrogens with zero attached hydrogens (tertiary/aromatic N) is 4. The van der Waals surface area contributed by atoms with Gasteiger partial charge in [-0.1, -0.05) is 6.92 Å². The Bertz CT molecular complexity index is 709. The molecule has 3 rings (SSSR count). The smallest absolute Gasteiger partial charge is 0.243 e. The Balaban J connectivity index is 1.87. The molecular formula is C17H25ClN4O3. The zero-order valence-electron chi connectivity index (χ0n) is 14.7. The zero-order chi connectivity index (χ0) is 17.8. The van der Waals surface area contributed by atoms with E-state index in [-0.39, 0.29) is 11.3 Å². The van der Waals surface area contributed by atoms with Gasteiger partial charge in [-0.2, -0.15) is 4.98 Å². The van der Waals surface area contributed by atoms with E-state index in [1.54, 1.807) is 4.52 Å². The van der Waals surface area contributed by atoms with Crippen LogP contribution in [0.25, 0.3) is 5.52 Å². The van der Waals surface area contributed by atoms with Gasteiger partial charge in [-0.3, -0.25) is 0 Å². The van der Waals surface area contributed by atoms with Crippen LogP contribution < -0.4 is 4.90 Å². The molecule has 0 aliphatic carbocycles. The number of hydrogen-bond acceptors (Lipinski definition) is 6. The molecule has 1 saturated heterocycles. The zero-order valence-corrected chi connectivity index (χ0v) is 15.4. The van der Waals surface area contributed by atoms with Crippen LogP contribution in [0.4, 0.5) is 5.82 Å². The van der Waals surface area contributed by atoms with Gasteiger partial charge in [0.2, 0.25) is 5.28 Å². The summed E-state index contributed by atoms with van der Waals surface area (Å²) in [6, 6.07) is 4.01. The van der Waals surface area contributed by atoms with Crippen molar-refractivity contribution in [3.05, 3.63) is 23.1 Å². The minimum atomic E-state index is -0.666. The van der Waals surface area contributed by atoms with E-state index >= 15 is 0 Å². The first-order chi connectivity index (χ1) is 12.1. The maximum Gasteiger partial charge on any atom is 0.243 e. The summed E-state index contributed by atoms with van der Waals surface area (Å²) in [6.07, 6.45) is 0.811. The van der Waals surface area contributed by atoms with E-state index in [2.05, 4.69) is 28.8 Å². The van der Waals surface area contributed by atoms with Crippen molar-refractivity contribution >= 4 is 22.9 Å². The Morgan fingerprint density at radius 2 is 2.28 bits per heavy atom. The number of aliphatic hydroxyl groups is 1. The average Bonchev–Trinajstić information content (AvgIpc) is 3.02. The third-order valence-electron chi connectivity index (χ3n) is 4.36. The van der Waals surface area contributed by atoms with Crippen LogP contribution in [0.2, 0.25) is 5.28 Å². The topological polar surface area (TPSA) is 72.1 Å². The van der Waals surface area contributed by atoms with Gasteiger partial charge < -0.3 is 19.5 Å². The quantitative estimate of drug-likeness (QED) is 0.757. The van der Waals surface area contributed by atoms with Crippen molar-refractivity contribution in [1.82, 2.24) is 14.6 Å². The van der Waals surface area contributed by atoms with Crippen LogP contribution >= 0.6 is 11.6 Å². The highest BCUT2D eigenvalue weighted by Crippen LogP contribution is 2.28. The lowest BCUT2D eigenvalue weighted by Crippen LogP contribution is -2.44. The molecule has 1 fully saturated rings. The molecule has 0 bridgehead atoms. The van der Waals surface area contributed by atoms with E-state index in [0.29, 0.717) is 38.5 Å². The highest BCUT2D eigenvalue weighted by Gasteiger charge is 2.25. The van der Waals surface area contributed by atoms with Gasteiger partial charge in [-0.25, -0.2) is 4.52 Å². The Hall–Kier alpha value is -1.41. The maximum atomic E-state index is 10.5. The van der Waals surface area contributed by atoms with Gasteiger partial charge in [-0.15, -0.1) is 5.10 Å². The number of halogens is 1. The Morgan fingerprint density at radius 3 is 3.04 bits per heavy atom.